The van der Waals surface area contributed by atoms with Crippen molar-refractivity contribution < 1.29 is 9.21 Å². The topological polar surface area (TPSA) is 67.2 Å². The number of carbonyl (C=O) groups excluding carboxylic acids is 1. The van der Waals surface area contributed by atoms with Gasteiger partial charge in [0, 0.05) is 19.1 Å². The molecule has 114 valence electrons. The first-order valence-corrected chi connectivity index (χ1v) is 7.19. The molecule has 1 amide bonds. The van der Waals surface area contributed by atoms with Gasteiger partial charge in [0.05, 0.1) is 0 Å². The first kappa shape index (κ1) is 17.0. The maximum Gasteiger partial charge on any atom is 0.273 e. The standard InChI is InChI=1S/C14H23N3O2.ClH/c1-11-13(17-10-19-11)14(18)16-9-8-15-12-6-4-2-3-5-7-12;/h10,12,15H,2-9H2,1H3,(H,16,18);1H. The van der Waals surface area contributed by atoms with Crippen LogP contribution in [0.15, 0.2) is 10.8 Å². The monoisotopic (exact) mass is 301 g/mol. The van der Waals surface area contributed by atoms with Crippen LogP contribution in [-0.2, 0) is 0 Å². The molecule has 1 fully saturated rings. The molecule has 0 aromatic carbocycles. The molecule has 0 aliphatic heterocycles. The third-order valence-electron chi connectivity index (χ3n) is 3.66. The Labute approximate surface area is 126 Å². The minimum atomic E-state index is -0.158. The second-order valence-corrected chi connectivity index (χ2v) is 5.16. The molecule has 0 bridgehead atoms. The van der Waals surface area contributed by atoms with Crippen molar-refractivity contribution in [3.63, 3.8) is 0 Å². The van der Waals surface area contributed by atoms with Gasteiger partial charge >= 0.3 is 0 Å². The number of hydrogen-bond acceptors (Lipinski definition) is 4. The van der Waals surface area contributed by atoms with Crippen molar-refractivity contribution in [1.29, 1.82) is 0 Å². The molecular formula is C14H24ClN3O2. The Bertz CT molecular complexity index is 401. The zero-order valence-electron chi connectivity index (χ0n) is 12.0. The first-order chi connectivity index (χ1) is 9.27. The van der Waals surface area contributed by atoms with Gasteiger partial charge in [-0.1, -0.05) is 25.7 Å². The third kappa shape index (κ3) is 5.13. The van der Waals surface area contributed by atoms with Crippen molar-refractivity contribution in [2.45, 2.75) is 51.5 Å². The summed E-state index contributed by atoms with van der Waals surface area (Å²) in [5.41, 5.74) is 0.384. The molecule has 0 radical (unpaired) electrons. The highest BCUT2D eigenvalue weighted by Gasteiger charge is 2.13. The van der Waals surface area contributed by atoms with E-state index in [0.717, 1.165) is 6.54 Å². The fraction of sp³-hybridized carbons (Fsp3) is 0.714. The van der Waals surface area contributed by atoms with E-state index in [1.54, 1.807) is 6.92 Å². The smallest absolute Gasteiger partial charge is 0.273 e. The van der Waals surface area contributed by atoms with Gasteiger partial charge in [-0.15, -0.1) is 12.4 Å². The number of aryl methyl sites for hydroxylation is 1. The zero-order valence-corrected chi connectivity index (χ0v) is 12.8. The van der Waals surface area contributed by atoms with Gasteiger partial charge in [0.2, 0.25) is 0 Å². The lowest BCUT2D eigenvalue weighted by atomic mass is 10.1. The Morgan fingerprint density at radius 1 is 1.30 bits per heavy atom. The highest BCUT2D eigenvalue weighted by atomic mass is 35.5. The van der Waals surface area contributed by atoms with E-state index >= 15 is 0 Å². The van der Waals surface area contributed by atoms with Crippen LogP contribution in [0.3, 0.4) is 0 Å². The summed E-state index contributed by atoms with van der Waals surface area (Å²) in [4.78, 5) is 15.7. The molecule has 0 atom stereocenters. The molecule has 1 saturated carbocycles. The second-order valence-electron chi connectivity index (χ2n) is 5.16. The summed E-state index contributed by atoms with van der Waals surface area (Å²) < 4.78 is 5.01. The Hall–Kier alpha value is -1.07. The lowest BCUT2D eigenvalue weighted by Crippen LogP contribution is -2.37. The summed E-state index contributed by atoms with van der Waals surface area (Å²) >= 11 is 0. The highest BCUT2D eigenvalue weighted by Crippen LogP contribution is 2.16. The van der Waals surface area contributed by atoms with E-state index in [2.05, 4.69) is 15.6 Å². The lowest BCUT2D eigenvalue weighted by molar-refractivity contribution is 0.0947. The van der Waals surface area contributed by atoms with Crippen molar-refractivity contribution in [3.05, 3.63) is 17.8 Å². The summed E-state index contributed by atoms with van der Waals surface area (Å²) in [6, 6.07) is 0.619. The zero-order chi connectivity index (χ0) is 13.5. The molecule has 0 unspecified atom stereocenters. The van der Waals surface area contributed by atoms with Gasteiger partial charge in [-0.25, -0.2) is 4.98 Å². The highest BCUT2D eigenvalue weighted by molar-refractivity contribution is 5.92. The molecule has 0 saturated heterocycles. The molecule has 5 nitrogen and oxygen atoms in total. The van der Waals surface area contributed by atoms with Gasteiger partial charge in [-0.3, -0.25) is 4.79 Å². The summed E-state index contributed by atoms with van der Waals surface area (Å²) in [5, 5.41) is 6.38. The van der Waals surface area contributed by atoms with Crippen LogP contribution in [0.5, 0.6) is 0 Å². The van der Waals surface area contributed by atoms with Crippen LogP contribution in [0.2, 0.25) is 0 Å². The van der Waals surface area contributed by atoms with Crippen molar-refractivity contribution in [2.24, 2.45) is 0 Å². The quantitative estimate of drug-likeness (QED) is 0.647. The predicted molar refractivity (Wildman–Crippen MR) is 80.3 cm³/mol. The van der Waals surface area contributed by atoms with Crippen molar-refractivity contribution in [1.82, 2.24) is 15.6 Å². The van der Waals surface area contributed by atoms with Gasteiger partial charge in [-0.2, -0.15) is 0 Å². The number of amides is 1. The van der Waals surface area contributed by atoms with E-state index in [4.69, 9.17) is 4.42 Å². The van der Waals surface area contributed by atoms with Gasteiger partial charge in [0.15, 0.2) is 12.1 Å². The lowest BCUT2D eigenvalue weighted by Gasteiger charge is -2.16. The third-order valence-corrected chi connectivity index (χ3v) is 3.66. The van der Waals surface area contributed by atoms with E-state index in [1.165, 1.54) is 44.9 Å². The molecule has 2 rings (SSSR count). The van der Waals surface area contributed by atoms with E-state index in [0.29, 0.717) is 24.0 Å². The fourth-order valence-corrected chi connectivity index (χ4v) is 2.54. The molecule has 6 heteroatoms. The maximum absolute atomic E-state index is 11.8. The predicted octanol–water partition coefficient (Wildman–Crippen LogP) is 2.45. The number of aromatic nitrogens is 1. The largest absolute Gasteiger partial charge is 0.448 e. The van der Waals surface area contributed by atoms with Crippen molar-refractivity contribution >= 4 is 18.3 Å². The number of halogens is 1. The van der Waals surface area contributed by atoms with Gasteiger partial charge in [0.1, 0.15) is 5.76 Å². The average Bonchev–Trinajstić information content (AvgIpc) is 2.68. The maximum atomic E-state index is 11.8. The number of oxazole rings is 1. The van der Waals surface area contributed by atoms with Gasteiger partial charge < -0.3 is 15.1 Å². The fourth-order valence-electron chi connectivity index (χ4n) is 2.54. The number of carbonyl (C=O) groups is 1. The van der Waals surface area contributed by atoms with E-state index in [1.807, 2.05) is 0 Å². The summed E-state index contributed by atoms with van der Waals surface area (Å²) in [7, 11) is 0. The molecule has 20 heavy (non-hydrogen) atoms. The van der Waals surface area contributed by atoms with Crippen LogP contribution >= 0.6 is 12.4 Å². The molecule has 0 spiro atoms. The molecule has 2 N–H and O–H groups in total. The molecule has 1 aromatic heterocycles. The molecule has 1 aliphatic rings. The normalized spacial score (nSPS) is 16.2. The van der Waals surface area contributed by atoms with Crippen LogP contribution in [0.4, 0.5) is 0 Å². The van der Waals surface area contributed by atoms with Crippen LogP contribution in [0.1, 0.15) is 54.8 Å². The Morgan fingerprint density at radius 2 is 2.00 bits per heavy atom. The van der Waals surface area contributed by atoms with E-state index < -0.39 is 0 Å². The van der Waals surface area contributed by atoms with E-state index in [9.17, 15) is 4.79 Å². The molecule has 1 heterocycles. The average molecular weight is 302 g/mol. The molecular weight excluding hydrogens is 278 g/mol. The second kappa shape index (κ2) is 8.97. The Kier molecular flexibility index (Phi) is 7.62. The van der Waals surface area contributed by atoms with E-state index in [-0.39, 0.29) is 18.3 Å². The molecule has 1 aliphatic carbocycles. The van der Waals surface area contributed by atoms with Crippen molar-refractivity contribution in [3.8, 4) is 0 Å². The minimum absolute atomic E-state index is 0. The summed E-state index contributed by atoms with van der Waals surface area (Å²) in [6.07, 6.45) is 9.19. The number of hydrogen-bond donors (Lipinski definition) is 2. The number of nitrogens with zero attached hydrogens (tertiary/aromatic N) is 1. The van der Waals surface area contributed by atoms with Gasteiger partial charge in [0.25, 0.3) is 5.91 Å². The van der Waals surface area contributed by atoms with Crippen LogP contribution in [0, 0.1) is 6.92 Å². The van der Waals surface area contributed by atoms with Crippen LogP contribution < -0.4 is 10.6 Å². The number of rotatable bonds is 5. The SMILES string of the molecule is Cc1ocnc1C(=O)NCCNC1CCCCCC1.Cl. The summed E-state index contributed by atoms with van der Waals surface area (Å²) in [6.45, 7) is 3.18. The molecule has 1 aromatic rings. The Morgan fingerprint density at radius 3 is 2.60 bits per heavy atom. The van der Waals surface area contributed by atoms with Gasteiger partial charge in [-0.05, 0) is 19.8 Å². The number of nitrogens with one attached hydrogen (secondary N) is 2. The van der Waals surface area contributed by atoms with Crippen LogP contribution in [-0.4, -0.2) is 30.0 Å². The minimum Gasteiger partial charge on any atom is -0.448 e. The van der Waals surface area contributed by atoms with Crippen LogP contribution in [0.25, 0.3) is 0 Å². The first-order valence-electron chi connectivity index (χ1n) is 7.19. The Balaban J connectivity index is 0.00000200. The summed E-state index contributed by atoms with van der Waals surface area (Å²) in [5.74, 6) is 0.406. The van der Waals surface area contributed by atoms with Crippen molar-refractivity contribution in [2.75, 3.05) is 13.1 Å².